The van der Waals surface area contributed by atoms with Crippen molar-refractivity contribution < 1.29 is 4.39 Å². The van der Waals surface area contributed by atoms with Crippen LogP contribution in [0.5, 0.6) is 0 Å². The van der Waals surface area contributed by atoms with Gasteiger partial charge >= 0.3 is 0 Å². The number of hydrogen-bond donors (Lipinski definition) is 2. The molecular formula is C12H12FN5. The smallest absolute Gasteiger partial charge is 0.159 e. The number of fused-ring (bicyclic) bond motifs is 1. The fourth-order valence-corrected chi connectivity index (χ4v) is 2.04. The minimum absolute atomic E-state index is 0.142. The molecule has 3 rings (SSSR count). The standard InChI is InChI=1S/C12H12FN5/c1-6-3-15-12(18-10(6)14)9-5-17-11-8(9)2-7(13)4-16-11/h3-5,8H,2H2,1H3,(H,16,17)(H2,14,15,18). The molecule has 0 aromatic carbocycles. The number of anilines is 1. The molecule has 0 radical (unpaired) electrons. The van der Waals surface area contributed by atoms with Gasteiger partial charge in [-0.2, -0.15) is 0 Å². The van der Waals surface area contributed by atoms with Crippen molar-refractivity contribution in [2.75, 3.05) is 5.73 Å². The molecule has 3 N–H and O–H groups in total. The Morgan fingerprint density at radius 1 is 1.50 bits per heavy atom. The molecule has 92 valence electrons. The quantitative estimate of drug-likeness (QED) is 0.786. The minimum atomic E-state index is -0.238. The fraction of sp³-hybridized carbons (Fsp3) is 0.250. The second kappa shape index (κ2) is 3.90. The maximum Gasteiger partial charge on any atom is 0.159 e. The summed E-state index contributed by atoms with van der Waals surface area (Å²) in [5.41, 5.74) is 7.42. The summed E-state index contributed by atoms with van der Waals surface area (Å²) < 4.78 is 13.3. The van der Waals surface area contributed by atoms with Gasteiger partial charge in [0.25, 0.3) is 0 Å². The van der Waals surface area contributed by atoms with Crippen LogP contribution in [0.2, 0.25) is 0 Å². The zero-order valence-corrected chi connectivity index (χ0v) is 9.81. The van der Waals surface area contributed by atoms with Crippen LogP contribution in [0.1, 0.15) is 17.8 Å². The van der Waals surface area contributed by atoms with Crippen molar-refractivity contribution in [1.29, 1.82) is 0 Å². The molecule has 0 spiro atoms. The van der Waals surface area contributed by atoms with E-state index in [0.29, 0.717) is 11.6 Å². The molecule has 0 saturated carbocycles. The molecule has 0 saturated heterocycles. The van der Waals surface area contributed by atoms with E-state index < -0.39 is 0 Å². The SMILES string of the molecule is Cc1cnc(C2=CNC3=NC=C(F)CC23)nc1N. The minimum Gasteiger partial charge on any atom is -0.383 e. The van der Waals surface area contributed by atoms with E-state index in [1.54, 1.807) is 12.4 Å². The highest BCUT2D eigenvalue weighted by Gasteiger charge is 2.31. The molecule has 2 aliphatic rings. The molecule has 0 fully saturated rings. The number of nitrogen functional groups attached to an aromatic ring is 1. The number of nitrogens with zero attached hydrogens (tertiary/aromatic N) is 3. The van der Waals surface area contributed by atoms with Crippen LogP contribution < -0.4 is 11.1 Å². The van der Waals surface area contributed by atoms with Crippen molar-refractivity contribution in [3.05, 3.63) is 35.8 Å². The highest BCUT2D eigenvalue weighted by molar-refractivity contribution is 6.01. The average Bonchev–Trinajstić information content (AvgIpc) is 2.75. The third-order valence-corrected chi connectivity index (χ3v) is 3.09. The van der Waals surface area contributed by atoms with E-state index in [2.05, 4.69) is 20.3 Å². The lowest BCUT2D eigenvalue weighted by molar-refractivity contribution is 0.563. The van der Waals surface area contributed by atoms with Crippen molar-refractivity contribution in [2.45, 2.75) is 13.3 Å². The van der Waals surface area contributed by atoms with Crippen LogP contribution in [-0.4, -0.2) is 15.8 Å². The Labute approximate surface area is 103 Å². The largest absolute Gasteiger partial charge is 0.383 e. The second-order valence-corrected chi connectivity index (χ2v) is 4.35. The number of amidine groups is 1. The average molecular weight is 245 g/mol. The summed E-state index contributed by atoms with van der Waals surface area (Å²) in [6.45, 7) is 1.84. The van der Waals surface area contributed by atoms with Gasteiger partial charge in [0.05, 0.1) is 12.1 Å². The Morgan fingerprint density at radius 2 is 2.33 bits per heavy atom. The molecule has 0 aliphatic carbocycles. The van der Waals surface area contributed by atoms with E-state index >= 15 is 0 Å². The third kappa shape index (κ3) is 1.66. The number of hydrogen-bond acceptors (Lipinski definition) is 5. The van der Waals surface area contributed by atoms with E-state index in [9.17, 15) is 4.39 Å². The first-order valence-electron chi connectivity index (χ1n) is 5.63. The van der Waals surface area contributed by atoms with Crippen LogP contribution in [-0.2, 0) is 0 Å². The lowest BCUT2D eigenvalue weighted by atomic mass is 9.95. The molecule has 1 atom stereocenters. The van der Waals surface area contributed by atoms with E-state index in [1.807, 2.05) is 6.92 Å². The lowest BCUT2D eigenvalue weighted by Gasteiger charge is -2.16. The lowest BCUT2D eigenvalue weighted by Crippen LogP contribution is -2.22. The zero-order chi connectivity index (χ0) is 12.7. The van der Waals surface area contributed by atoms with Crippen LogP contribution in [0, 0.1) is 12.8 Å². The Balaban J connectivity index is 1.97. The number of allylic oxidation sites excluding steroid dienone is 1. The van der Waals surface area contributed by atoms with E-state index in [0.717, 1.165) is 17.0 Å². The topological polar surface area (TPSA) is 76.2 Å². The summed E-state index contributed by atoms with van der Waals surface area (Å²) in [7, 11) is 0. The summed E-state index contributed by atoms with van der Waals surface area (Å²) in [6.07, 6.45) is 4.96. The van der Waals surface area contributed by atoms with Gasteiger partial charge in [0.2, 0.25) is 0 Å². The fourth-order valence-electron chi connectivity index (χ4n) is 2.04. The molecule has 18 heavy (non-hydrogen) atoms. The van der Waals surface area contributed by atoms with Gasteiger partial charge in [-0.05, 0) is 6.92 Å². The summed E-state index contributed by atoms with van der Waals surface area (Å²) in [6, 6.07) is 0. The molecule has 2 aliphatic heterocycles. The van der Waals surface area contributed by atoms with Gasteiger partial charge in [0.1, 0.15) is 17.5 Å². The Bertz CT molecular complexity index is 602. The van der Waals surface area contributed by atoms with Crippen molar-refractivity contribution in [3.8, 4) is 0 Å². The molecule has 3 heterocycles. The van der Waals surface area contributed by atoms with Gasteiger partial charge in [0, 0.05) is 30.0 Å². The second-order valence-electron chi connectivity index (χ2n) is 4.35. The Hall–Kier alpha value is -2.24. The summed E-state index contributed by atoms with van der Waals surface area (Å²) in [4.78, 5) is 12.5. The molecule has 1 unspecified atom stereocenters. The van der Waals surface area contributed by atoms with E-state index in [4.69, 9.17) is 5.73 Å². The first-order chi connectivity index (χ1) is 8.65. The summed E-state index contributed by atoms with van der Waals surface area (Å²) >= 11 is 0. The number of aromatic nitrogens is 2. The number of aliphatic imine (C=N–C) groups is 1. The van der Waals surface area contributed by atoms with Crippen molar-refractivity contribution in [1.82, 2.24) is 15.3 Å². The molecule has 0 amide bonds. The van der Waals surface area contributed by atoms with E-state index in [1.165, 1.54) is 6.20 Å². The van der Waals surface area contributed by atoms with Gasteiger partial charge in [-0.25, -0.2) is 19.4 Å². The molecule has 1 aromatic rings. The highest BCUT2D eigenvalue weighted by Crippen LogP contribution is 2.33. The van der Waals surface area contributed by atoms with Crippen molar-refractivity contribution in [3.63, 3.8) is 0 Å². The predicted molar refractivity (Wildman–Crippen MR) is 67.0 cm³/mol. The molecule has 0 bridgehead atoms. The van der Waals surface area contributed by atoms with Crippen LogP contribution >= 0.6 is 0 Å². The number of aryl methyl sites for hydroxylation is 1. The van der Waals surface area contributed by atoms with Crippen LogP contribution in [0.3, 0.4) is 0 Å². The van der Waals surface area contributed by atoms with Crippen molar-refractivity contribution >= 4 is 17.2 Å². The third-order valence-electron chi connectivity index (χ3n) is 3.09. The van der Waals surface area contributed by atoms with Gasteiger partial charge in [-0.3, -0.25) is 0 Å². The number of halogens is 1. The number of rotatable bonds is 1. The zero-order valence-electron chi connectivity index (χ0n) is 9.81. The molecule has 5 nitrogen and oxygen atoms in total. The Morgan fingerprint density at radius 3 is 3.11 bits per heavy atom. The summed E-state index contributed by atoms with van der Waals surface area (Å²) in [5, 5.41) is 3.02. The van der Waals surface area contributed by atoms with Crippen LogP contribution in [0.4, 0.5) is 10.2 Å². The molecule has 6 heteroatoms. The van der Waals surface area contributed by atoms with E-state index in [-0.39, 0.29) is 18.2 Å². The first-order valence-corrected chi connectivity index (χ1v) is 5.63. The van der Waals surface area contributed by atoms with Gasteiger partial charge in [-0.1, -0.05) is 0 Å². The maximum absolute atomic E-state index is 13.3. The predicted octanol–water partition coefficient (Wildman–Crippen LogP) is 1.54. The Kier molecular flexibility index (Phi) is 2.36. The summed E-state index contributed by atoms with van der Waals surface area (Å²) in [5.74, 6) is 1.32. The molecule has 1 aromatic heterocycles. The highest BCUT2D eigenvalue weighted by atomic mass is 19.1. The number of nitrogens with two attached hydrogens (primary N) is 1. The van der Waals surface area contributed by atoms with Gasteiger partial charge in [0.15, 0.2) is 5.82 Å². The first kappa shape index (κ1) is 10.9. The van der Waals surface area contributed by atoms with Crippen LogP contribution in [0.25, 0.3) is 5.57 Å². The number of nitrogens with one attached hydrogen (secondary N) is 1. The van der Waals surface area contributed by atoms with Gasteiger partial charge < -0.3 is 11.1 Å². The molecular weight excluding hydrogens is 233 g/mol. The van der Waals surface area contributed by atoms with Crippen molar-refractivity contribution in [2.24, 2.45) is 10.9 Å². The van der Waals surface area contributed by atoms with Gasteiger partial charge in [-0.15, -0.1) is 0 Å². The van der Waals surface area contributed by atoms with Crippen LogP contribution in [0.15, 0.2) is 29.4 Å². The monoisotopic (exact) mass is 245 g/mol. The normalized spacial score (nSPS) is 21.7. The maximum atomic E-state index is 13.3.